The summed E-state index contributed by atoms with van der Waals surface area (Å²) in [5, 5.41) is 8.42. The normalized spacial score (nSPS) is 11.7. The second-order valence-electron chi connectivity index (χ2n) is 5.28. The molecule has 1 heterocycles. The zero-order valence-electron chi connectivity index (χ0n) is 12.8. The molecule has 0 saturated heterocycles. The van der Waals surface area contributed by atoms with Gasteiger partial charge < -0.3 is 4.52 Å². The van der Waals surface area contributed by atoms with Gasteiger partial charge in [0.15, 0.2) is 12.4 Å². The second kappa shape index (κ2) is 6.54. The van der Waals surface area contributed by atoms with Gasteiger partial charge >= 0.3 is 0 Å². The summed E-state index contributed by atoms with van der Waals surface area (Å²) in [4.78, 5) is -1.05. The summed E-state index contributed by atoms with van der Waals surface area (Å²) in [5.74, 6) is -3.58. The monoisotopic (exact) mass is 386 g/mol. The summed E-state index contributed by atoms with van der Waals surface area (Å²) in [5.41, 5.74) is -0.740. The van der Waals surface area contributed by atoms with E-state index in [2.05, 4.69) is 5.16 Å². The number of rotatable bonds is 4. The Balaban J connectivity index is 2.28. The van der Waals surface area contributed by atoms with Gasteiger partial charge in [-0.25, -0.2) is 31.1 Å². The quantitative estimate of drug-likeness (QED) is 0.695. The summed E-state index contributed by atoms with van der Waals surface area (Å²) in [6, 6.07) is 5.89. The van der Waals surface area contributed by atoms with Gasteiger partial charge in [0.05, 0.1) is 5.56 Å². The molecule has 26 heavy (non-hydrogen) atoms. The van der Waals surface area contributed by atoms with E-state index in [0.29, 0.717) is 12.1 Å². The highest BCUT2D eigenvalue weighted by molar-refractivity contribution is 7.89. The summed E-state index contributed by atoms with van der Waals surface area (Å²) >= 11 is 0. The van der Waals surface area contributed by atoms with E-state index in [4.69, 9.17) is 9.66 Å². The zero-order valence-corrected chi connectivity index (χ0v) is 13.7. The molecule has 2 aromatic carbocycles. The first kappa shape index (κ1) is 18.1. The number of nitrogens with two attached hydrogens (primary N) is 1. The van der Waals surface area contributed by atoms with Gasteiger partial charge in [-0.05, 0) is 24.3 Å². The first-order valence-electron chi connectivity index (χ1n) is 7.05. The van der Waals surface area contributed by atoms with Crippen molar-refractivity contribution >= 4 is 10.0 Å². The van der Waals surface area contributed by atoms with Crippen molar-refractivity contribution in [1.82, 2.24) is 5.16 Å². The lowest BCUT2D eigenvalue weighted by Crippen LogP contribution is -2.14. The molecule has 0 atom stereocenters. The Morgan fingerprint density at radius 3 is 2.42 bits per heavy atom. The Kier molecular flexibility index (Phi) is 4.55. The molecule has 0 fully saturated rings. The van der Waals surface area contributed by atoms with Crippen LogP contribution in [0.5, 0.6) is 0 Å². The van der Waals surface area contributed by atoms with Crippen LogP contribution in [0.3, 0.4) is 0 Å². The molecular weight excluding hydrogens is 376 g/mol. The van der Waals surface area contributed by atoms with E-state index in [1.807, 2.05) is 0 Å². The highest BCUT2D eigenvalue weighted by Gasteiger charge is 2.25. The Hall–Kier alpha value is -2.72. The molecule has 0 unspecified atom stereocenters. The molecule has 0 spiro atoms. The zero-order chi connectivity index (χ0) is 19.1. The summed E-state index contributed by atoms with van der Waals surface area (Å²) < 4.78 is 82.7. The maximum absolute atomic E-state index is 14.5. The fraction of sp³-hybridized carbons (Fsp3) is 0.0625. The Morgan fingerprint density at radius 1 is 1.08 bits per heavy atom. The lowest BCUT2D eigenvalue weighted by molar-refractivity contribution is 0.332. The van der Waals surface area contributed by atoms with E-state index in [-0.39, 0.29) is 16.8 Å². The molecule has 0 bridgehead atoms. The van der Waals surface area contributed by atoms with E-state index in [0.717, 1.165) is 12.1 Å². The average molecular weight is 386 g/mol. The van der Waals surface area contributed by atoms with Crippen molar-refractivity contribution in [2.75, 3.05) is 0 Å². The van der Waals surface area contributed by atoms with Crippen molar-refractivity contribution < 1.29 is 30.5 Å². The summed E-state index contributed by atoms with van der Waals surface area (Å²) in [6.07, 6.45) is 0. The van der Waals surface area contributed by atoms with E-state index in [1.165, 1.54) is 12.1 Å². The number of alkyl halides is 1. The Morgan fingerprint density at radius 2 is 1.81 bits per heavy atom. The van der Waals surface area contributed by atoms with Crippen LogP contribution in [0.4, 0.5) is 17.6 Å². The van der Waals surface area contributed by atoms with Crippen molar-refractivity contribution in [3.63, 3.8) is 0 Å². The van der Waals surface area contributed by atoms with Gasteiger partial charge in [-0.2, -0.15) is 0 Å². The minimum atomic E-state index is -4.50. The number of benzene rings is 2. The lowest BCUT2D eigenvalue weighted by Gasteiger charge is -2.08. The molecule has 0 amide bonds. The highest BCUT2D eigenvalue weighted by atomic mass is 32.2. The number of aromatic nitrogens is 1. The van der Waals surface area contributed by atoms with Crippen molar-refractivity contribution in [2.24, 2.45) is 5.14 Å². The standard InChI is InChI=1S/C16H10F4N2O3S/c17-7-13-15(16(22-25-13)8-2-1-3-9(18)4-8)10-5-12(20)14(6-11(10)19)26(21,23)24/h1-6H,7H2,(H2,21,23,24). The molecule has 136 valence electrons. The number of hydrogen-bond acceptors (Lipinski definition) is 4. The molecule has 1 aromatic heterocycles. The van der Waals surface area contributed by atoms with Gasteiger partial charge in [-0.15, -0.1) is 0 Å². The molecule has 2 N–H and O–H groups in total. The highest BCUT2D eigenvalue weighted by Crippen LogP contribution is 2.38. The Labute approximate surface area is 145 Å². The molecule has 0 radical (unpaired) electrons. The maximum Gasteiger partial charge on any atom is 0.241 e. The van der Waals surface area contributed by atoms with Crippen LogP contribution in [0.2, 0.25) is 0 Å². The third-order valence-corrected chi connectivity index (χ3v) is 4.51. The molecule has 3 rings (SSSR count). The maximum atomic E-state index is 14.5. The van der Waals surface area contributed by atoms with Gasteiger partial charge in [0.1, 0.15) is 28.0 Å². The minimum absolute atomic E-state index is 0.126. The third kappa shape index (κ3) is 3.20. The number of primary sulfonamides is 1. The van der Waals surface area contributed by atoms with Crippen LogP contribution in [0.15, 0.2) is 45.8 Å². The van der Waals surface area contributed by atoms with Crippen LogP contribution in [0.25, 0.3) is 22.4 Å². The van der Waals surface area contributed by atoms with Crippen molar-refractivity contribution in [1.29, 1.82) is 0 Å². The largest absolute Gasteiger partial charge is 0.357 e. The van der Waals surface area contributed by atoms with Gasteiger partial charge in [-0.3, -0.25) is 0 Å². The third-order valence-electron chi connectivity index (χ3n) is 3.58. The second-order valence-corrected chi connectivity index (χ2v) is 6.81. The van der Waals surface area contributed by atoms with Crippen LogP contribution in [0.1, 0.15) is 5.76 Å². The first-order chi connectivity index (χ1) is 12.2. The number of nitrogens with zero attached hydrogens (tertiary/aromatic N) is 1. The van der Waals surface area contributed by atoms with Gasteiger partial charge in [0.2, 0.25) is 10.0 Å². The fourth-order valence-corrected chi connectivity index (χ4v) is 3.06. The lowest BCUT2D eigenvalue weighted by atomic mass is 9.98. The van der Waals surface area contributed by atoms with E-state index in [9.17, 15) is 26.0 Å². The predicted molar refractivity (Wildman–Crippen MR) is 83.4 cm³/mol. The van der Waals surface area contributed by atoms with E-state index in [1.54, 1.807) is 0 Å². The summed E-state index contributed by atoms with van der Waals surface area (Å²) in [6.45, 7) is -1.20. The van der Waals surface area contributed by atoms with Crippen LogP contribution >= 0.6 is 0 Å². The molecule has 0 aliphatic carbocycles. The van der Waals surface area contributed by atoms with Gasteiger partial charge in [0, 0.05) is 11.1 Å². The molecular formula is C16H10F4N2O3S. The number of sulfonamides is 1. The number of hydrogen-bond donors (Lipinski definition) is 1. The van der Waals surface area contributed by atoms with Gasteiger partial charge in [0.25, 0.3) is 0 Å². The average Bonchev–Trinajstić information content (AvgIpc) is 2.99. The van der Waals surface area contributed by atoms with Crippen molar-refractivity contribution in [3.8, 4) is 22.4 Å². The smallest absolute Gasteiger partial charge is 0.241 e. The van der Waals surface area contributed by atoms with Crippen LogP contribution < -0.4 is 5.14 Å². The predicted octanol–water partition coefficient (Wildman–Crippen LogP) is 3.54. The van der Waals surface area contributed by atoms with Crippen LogP contribution in [-0.2, 0) is 16.7 Å². The van der Waals surface area contributed by atoms with Crippen LogP contribution in [-0.4, -0.2) is 13.6 Å². The topological polar surface area (TPSA) is 86.2 Å². The Bertz CT molecular complexity index is 1100. The molecule has 5 nitrogen and oxygen atoms in total. The summed E-state index contributed by atoms with van der Waals surface area (Å²) in [7, 11) is -4.50. The molecule has 3 aromatic rings. The fourth-order valence-electron chi connectivity index (χ4n) is 2.46. The molecule has 10 heteroatoms. The molecule has 0 saturated carbocycles. The van der Waals surface area contributed by atoms with Crippen molar-refractivity contribution in [3.05, 3.63) is 59.6 Å². The van der Waals surface area contributed by atoms with E-state index >= 15 is 0 Å². The van der Waals surface area contributed by atoms with E-state index < -0.39 is 50.4 Å². The van der Waals surface area contributed by atoms with Crippen LogP contribution in [0, 0.1) is 17.5 Å². The van der Waals surface area contributed by atoms with Gasteiger partial charge in [-0.1, -0.05) is 17.3 Å². The first-order valence-corrected chi connectivity index (χ1v) is 8.59. The minimum Gasteiger partial charge on any atom is -0.357 e. The van der Waals surface area contributed by atoms with Crippen molar-refractivity contribution in [2.45, 2.75) is 11.6 Å². The molecule has 0 aliphatic rings. The SMILES string of the molecule is NS(=O)(=O)c1cc(F)c(-c2c(-c3cccc(F)c3)noc2CF)cc1F. The number of halogens is 4. The molecule has 0 aliphatic heterocycles.